The first kappa shape index (κ1) is 12.8. The van der Waals surface area contributed by atoms with Gasteiger partial charge in [-0.15, -0.1) is 0 Å². The van der Waals surface area contributed by atoms with Gasteiger partial charge in [0.15, 0.2) is 0 Å². The molecule has 2 N–H and O–H groups in total. The summed E-state index contributed by atoms with van der Waals surface area (Å²) in [5.41, 5.74) is 0.734. The van der Waals surface area contributed by atoms with Gasteiger partial charge in [0.05, 0.1) is 12.4 Å². The highest BCUT2D eigenvalue weighted by molar-refractivity contribution is 6.03. The Bertz CT molecular complexity index is 628. The van der Waals surface area contributed by atoms with Crippen molar-refractivity contribution in [1.29, 1.82) is 0 Å². The summed E-state index contributed by atoms with van der Waals surface area (Å²) < 4.78 is 2.86. The van der Waals surface area contributed by atoms with E-state index in [2.05, 4.69) is 15.5 Å². The van der Waals surface area contributed by atoms with E-state index in [4.69, 9.17) is 5.11 Å². The predicted octanol–water partition coefficient (Wildman–Crippen LogP) is -0.218. The molecule has 0 aliphatic carbocycles. The fourth-order valence-corrected chi connectivity index (χ4v) is 1.69. The van der Waals surface area contributed by atoms with Crippen LogP contribution in [-0.2, 0) is 20.6 Å². The summed E-state index contributed by atoms with van der Waals surface area (Å²) in [6, 6.07) is 0. The number of carboxylic acid groups (broad SMARTS) is 1. The zero-order valence-corrected chi connectivity index (χ0v) is 10.5. The average molecular weight is 263 g/mol. The van der Waals surface area contributed by atoms with Crippen LogP contribution in [0.4, 0.5) is 0 Å². The molecule has 0 aliphatic heterocycles. The van der Waals surface area contributed by atoms with Crippen molar-refractivity contribution in [3.8, 4) is 0 Å². The van der Waals surface area contributed by atoms with Crippen molar-refractivity contribution >= 4 is 11.9 Å². The van der Waals surface area contributed by atoms with E-state index >= 15 is 0 Å². The van der Waals surface area contributed by atoms with Gasteiger partial charge in [0.1, 0.15) is 11.3 Å². The van der Waals surface area contributed by atoms with Crippen LogP contribution < -0.4 is 5.32 Å². The van der Waals surface area contributed by atoms with Crippen LogP contribution in [0.3, 0.4) is 0 Å². The lowest BCUT2D eigenvalue weighted by Gasteiger charge is -2.05. The van der Waals surface area contributed by atoms with E-state index in [0.717, 1.165) is 11.8 Å². The molecule has 2 rings (SSSR count). The van der Waals surface area contributed by atoms with Crippen LogP contribution in [0.15, 0.2) is 18.6 Å². The van der Waals surface area contributed by atoms with Gasteiger partial charge in [-0.1, -0.05) is 0 Å². The molecule has 2 aromatic heterocycles. The van der Waals surface area contributed by atoms with Crippen LogP contribution in [0.25, 0.3) is 0 Å². The van der Waals surface area contributed by atoms with E-state index in [9.17, 15) is 9.59 Å². The zero-order chi connectivity index (χ0) is 14.0. The van der Waals surface area contributed by atoms with Gasteiger partial charge in [0.2, 0.25) is 0 Å². The third-order valence-electron chi connectivity index (χ3n) is 2.60. The number of aromatic nitrogens is 4. The highest BCUT2D eigenvalue weighted by atomic mass is 16.4. The Labute approximate surface area is 108 Å². The summed E-state index contributed by atoms with van der Waals surface area (Å²) in [7, 11) is 3.29. The van der Waals surface area contributed by atoms with E-state index in [1.807, 2.05) is 0 Å². The van der Waals surface area contributed by atoms with Gasteiger partial charge in [-0.3, -0.25) is 14.2 Å². The smallest absolute Gasteiger partial charge is 0.339 e. The van der Waals surface area contributed by atoms with Crippen molar-refractivity contribution in [2.45, 2.75) is 6.54 Å². The number of carboxylic acids is 1. The fraction of sp³-hybridized carbons (Fsp3) is 0.273. The number of aromatic carboxylic acids is 1. The Morgan fingerprint density at radius 1 is 1.32 bits per heavy atom. The summed E-state index contributed by atoms with van der Waals surface area (Å²) >= 11 is 0. The fourth-order valence-electron chi connectivity index (χ4n) is 1.69. The van der Waals surface area contributed by atoms with Crippen LogP contribution >= 0.6 is 0 Å². The van der Waals surface area contributed by atoms with Gasteiger partial charge in [-0.25, -0.2) is 4.79 Å². The Kier molecular flexibility index (Phi) is 3.32. The van der Waals surface area contributed by atoms with Crippen molar-refractivity contribution in [1.82, 2.24) is 24.9 Å². The Morgan fingerprint density at radius 2 is 2.05 bits per heavy atom. The number of aryl methyl sites for hydroxylation is 2. The highest BCUT2D eigenvalue weighted by Gasteiger charge is 2.21. The van der Waals surface area contributed by atoms with E-state index in [-0.39, 0.29) is 17.8 Å². The minimum absolute atomic E-state index is 0.0244. The lowest BCUT2D eigenvalue weighted by Crippen LogP contribution is -2.26. The normalized spacial score (nSPS) is 10.4. The molecule has 19 heavy (non-hydrogen) atoms. The molecule has 2 aromatic rings. The topological polar surface area (TPSA) is 102 Å². The molecule has 0 aromatic carbocycles. The minimum atomic E-state index is -1.18. The Balaban J connectivity index is 2.12. The maximum atomic E-state index is 12.0. The number of hydrogen-bond acceptors (Lipinski definition) is 4. The Hall–Kier alpha value is -2.64. The third-order valence-corrected chi connectivity index (χ3v) is 2.60. The number of nitrogens with one attached hydrogen (secondary N) is 1. The van der Waals surface area contributed by atoms with Crippen LogP contribution in [0.2, 0.25) is 0 Å². The molecule has 0 bridgehead atoms. The number of hydrogen-bond donors (Lipinski definition) is 2. The molecule has 1 amide bonds. The molecule has 0 saturated carbocycles. The number of rotatable bonds is 4. The van der Waals surface area contributed by atoms with Crippen LogP contribution in [-0.4, -0.2) is 36.5 Å². The van der Waals surface area contributed by atoms with Gasteiger partial charge >= 0.3 is 5.97 Å². The van der Waals surface area contributed by atoms with Gasteiger partial charge < -0.3 is 10.4 Å². The maximum Gasteiger partial charge on any atom is 0.339 e. The third kappa shape index (κ3) is 2.62. The second-order valence-electron chi connectivity index (χ2n) is 4.04. The lowest BCUT2D eigenvalue weighted by molar-refractivity contribution is 0.0690. The SMILES string of the molecule is Cn1cc(CNC(=O)c2c(C(=O)O)cnn2C)cn1. The second-order valence-corrected chi connectivity index (χ2v) is 4.04. The average Bonchev–Trinajstić information content (AvgIpc) is 2.92. The van der Waals surface area contributed by atoms with Gasteiger partial charge in [-0.2, -0.15) is 10.2 Å². The van der Waals surface area contributed by atoms with Crippen molar-refractivity contribution in [2.24, 2.45) is 14.1 Å². The summed E-state index contributed by atoms with van der Waals surface area (Å²) in [5, 5.41) is 19.4. The largest absolute Gasteiger partial charge is 0.478 e. The molecule has 100 valence electrons. The molecule has 0 spiro atoms. The van der Waals surface area contributed by atoms with Gasteiger partial charge in [0.25, 0.3) is 5.91 Å². The summed E-state index contributed by atoms with van der Waals surface area (Å²) in [6.45, 7) is 0.275. The minimum Gasteiger partial charge on any atom is -0.478 e. The molecule has 0 fully saturated rings. The molecule has 0 saturated heterocycles. The first-order valence-electron chi connectivity index (χ1n) is 5.50. The van der Waals surface area contributed by atoms with Crippen molar-refractivity contribution < 1.29 is 14.7 Å². The first-order valence-corrected chi connectivity index (χ1v) is 5.50. The molecule has 8 nitrogen and oxygen atoms in total. The number of carbonyl (C=O) groups is 2. The molecule has 2 heterocycles. The standard InChI is InChI=1S/C11H13N5O3/c1-15-6-7(4-13-15)3-12-10(17)9-8(11(18)19)5-14-16(9)2/h4-6H,3H2,1-2H3,(H,12,17)(H,18,19). The van der Waals surface area contributed by atoms with Crippen LogP contribution in [0.1, 0.15) is 26.4 Å². The quantitative estimate of drug-likeness (QED) is 0.794. The molecular weight excluding hydrogens is 250 g/mol. The van der Waals surface area contributed by atoms with Gasteiger partial charge in [-0.05, 0) is 0 Å². The van der Waals surface area contributed by atoms with Gasteiger partial charge in [0, 0.05) is 32.4 Å². The molecule has 0 atom stereocenters. The summed E-state index contributed by atoms with van der Waals surface area (Å²) in [5.74, 6) is -1.67. The number of amides is 1. The molecule has 8 heteroatoms. The number of carbonyl (C=O) groups excluding carboxylic acids is 1. The van der Waals surface area contributed by atoms with Crippen LogP contribution in [0, 0.1) is 0 Å². The maximum absolute atomic E-state index is 12.0. The molecule has 0 radical (unpaired) electrons. The zero-order valence-electron chi connectivity index (χ0n) is 10.5. The summed E-state index contributed by atoms with van der Waals surface area (Å²) in [4.78, 5) is 22.9. The highest BCUT2D eigenvalue weighted by Crippen LogP contribution is 2.07. The van der Waals surface area contributed by atoms with Crippen molar-refractivity contribution in [2.75, 3.05) is 0 Å². The molecule has 0 unspecified atom stereocenters. The van der Waals surface area contributed by atoms with Crippen LogP contribution in [0.5, 0.6) is 0 Å². The van der Waals surface area contributed by atoms with E-state index in [0.29, 0.717) is 0 Å². The predicted molar refractivity (Wildman–Crippen MR) is 64.5 cm³/mol. The summed E-state index contributed by atoms with van der Waals surface area (Å²) in [6.07, 6.45) is 4.55. The van der Waals surface area contributed by atoms with Crippen molar-refractivity contribution in [3.63, 3.8) is 0 Å². The van der Waals surface area contributed by atoms with E-state index < -0.39 is 11.9 Å². The van der Waals surface area contributed by atoms with Crippen molar-refractivity contribution in [3.05, 3.63) is 35.4 Å². The molecular formula is C11H13N5O3. The Morgan fingerprint density at radius 3 is 2.63 bits per heavy atom. The molecule has 0 aliphatic rings. The lowest BCUT2D eigenvalue weighted by atomic mass is 10.2. The monoisotopic (exact) mass is 263 g/mol. The first-order chi connectivity index (χ1) is 8.99. The van der Waals surface area contributed by atoms with E-state index in [1.165, 1.54) is 11.7 Å². The second kappa shape index (κ2) is 4.92. The number of nitrogens with zero attached hydrogens (tertiary/aromatic N) is 4. The van der Waals surface area contributed by atoms with E-state index in [1.54, 1.807) is 24.1 Å².